The second kappa shape index (κ2) is 9.19. The molecule has 160 valence electrons. The fourth-order valence-corrected chi connectivity index (χ4v) is 4.50. The molecule has 1 atom stereocenters. The van der Waals surface area contributed by atoms with Crippen LogP contribution in [0.2, 0.25) is 0 Å². The van der Waals surface area contributed by atoms with Crippen LogP contribution in [0.5, 0.6) is 5.75 Å². The van der Waals surface area contributed by atoms with Crippen LogP contribution in [0, 0.1) is 17.3 Å². The van der Waals surface area contributed by atoms with Crippen molar-refractivity contribution < 1.29 is 14.3 Å². The average molecular weight is 401 g/mol. The number of ether oxygens (including phenoxy) is 1. The van der Waals surface area contributed by atoms with E-state index in [2.05, 4.69) is 33.0 Å². The molecular weight excluding hydrogens is 364 g/mol. The van der Waals surface area contributed by atoms with Crippen molar-refractivity contribution in [3.63, 3.8) is 0 Å². The number of nitrogens with one attached hydrogen (secondary N) is 1. The van der Waals surface area contributed by atoms with Crippen molar-refractivity contribution >= 4 is 17.5 Å². The Hall–Kier alpha value is -2.04. The third-order valence-corrected chi connectivity index (χ3v) is 6.42. The van der Waals surface area contributed by atoms with Gasteiger partial charge in [-0.2, -0.15) is 0 Å². The summed E-state index contributed by atoms with van der Waals surface area (Å²) in [6.45, 7) is 10.1. The minimum atomic E-state index is -0.265. The van der Waals surface area contributed by atoms with Crippen LogP contribution >= 0.6 is 0 Å². The second-order valence-electron chi connectivity index (χ2n) is 9.67. The molecule has 3 rings (SSSR count). The van der Waals surface area contributed by atoms with Crippen molar-refractivity contribution in [3.05, 3.63) is 24.3 Å². The number of carbonyl (C=O) groups excluding carboxylic acids is 2. The number of hydrogen-bond donors (Lipinski definition) is 1. The Labute approximate surface area is 175 Å². The van der Waals surface area contributed by atoms with E-state index in [1.807, 2.05) is 24.3 Å². The molecule has 29 heavy (non-hydrogen) atoms. The molecule has 2 aliphatic rings. The zero-order valence-electron chi connectivity index (χ0n) is 18.4. The Morgan fingerprint density at radius 3 is 2.38 bits per heavy atom. The number of anilines is 1. The molecule has 1 aliphatic carbocycles. The van der Waals surface area contributed by atoms with Gasteiger partial charge < -0.3 is 15.0 Å². The van der Waals surface area contributed by atoms with E-state index in [0.717, 1.165) is 49.5 Å². The largest absolute Gasteiger partial charge is 0.494 e. The van der Waals surface area contributed by atoms with Gasteiger partial charge in [0.1, 0.15) is 5.75 Å². The Bertz CT molecular complexity index is 700. The first-order valence-electron chi connectivity index (χ1n) is 11.1. The Morgan fingerprint density at radius 2 is 1.79 bits per heavy atom. The Balaban J connectivity index is 1.51. The lowest BCUT2D eigenvalue weighted by Crippen LogP contribution is -2.42. The van der Waals surface area contributed by atoms with Crippen LogP contribution < -0.4 is 15.0 Å². The van der Waals surface area contributed by atoms with Gasteiger partial charge in [-0.1, -0.05) is 27.7 Å². The first kappa shape index (κ1) is 21.7. The van der Waals surface area contributed by atoms with Gasteiger partial charge in [0.15, 0.2) is 0 Å². The van der Waals surface area contributed by atoms with Crippen LogP contribution in [-0.4, -0.2) is 31.0 Å². The summed E-state index contributed by atoms with van der Waals surface area (Å²) in [5, 5.41) is 3.22. The highest BCUT2D eigenvalue weighted by molar-refractivity contribution is 6.00. The fraction of sp³-hybridized carbons (Fsp3) is 0.667. The number of benzene rings is 1. The molecule has 0 aromatic heterocycles. The van der Waals surface area contributed by atoms with Gasteiger partial charge >= 0.3 is 0 Å². The van der Waals surface area contributed by atoms with E-state index < -0.39 is 0 Å². The minimum Gasteiger partial charge on any atom is -0.494 e. The highest BCUT2D eigenvalue weighted by Crippen LogP contribution is 2.38. The highest BCUT2D eigenvalue weighted by Gasteiger charge is 2.37. The van der Waals surface area contributed by atoms with Crippen LogP contribution in [-0.2, 0) is 9.59 Å². The molecular formula is C24H36N2O3. The normalized spacial score (nSPS) is 25.2. The summed E-state index contributed by atoms with van der Waals surface area (Å²) in [7, 11) is 0. The van der Waals surface area contributed by atoms with Crippen molar-refractivity contribution in [2.75, 3.05) is 18.1 Å². The number of nitrogens with zero attached hydrogens (tertiary/aromatic N) is 1. The summed E-state index contributed by atoms with van der Waals surface area (Å²) in [6, 6.07) is 7.83. The van der Waals surface area contributed by atoms with E-state index >= 15 is 0 Å². The Morgan fingerprint density at radius 1 is 1.14 bits per heavy atom. The summed E-state index contributed by atoms with van der Waals surface area (Å²) in [6.07, 6.45) is 5.65. The van der Waals surface area contributed by atoms with Gasteiger partial charge in [0.05, 0.1) is 12.5 Å². The first-order chi connectivity index (χ1) is 13.8. The number of rotatable bonds is 6. The van der Waals surface area contributed by atoms with Gasteiger partial charge in [-0.15, -0.1) is 0 Å². The molecule has 1 heterocycles. The summed E-state index contributed by atoms with van der Waals surface area (Å²) in [5.41, 5.74) is 1.17. The molecule has 1 saturated carbocycles. The molecule has 1 N–H and O–H groups in total. The van der Waals surface area contributed by atoms with Gasteiger partial charge in [0.25, 0.3) is 0 Å². The van der Waals surface area contributed by atoms with E-state index in [-0.39, 0.29) is 30.2 Å². The Kier molecular flexibility index (Phi) is 6.86. The van der Waals surface area contributed by atoms with Crippen molar-refractivity contribution in [2.45, 2.75) is 72.3 Å². The molecule has 5 nitrogen and oxygen atoms in total. The molecule has 1 aromatic rings. The van der Waals surface area contributed by atoms with E-state index in [0.29, 0.717) is 18.6 Å². The van der Waals surface area contributed by atoms with Gasteiger partial charge in [0, 0.05) is 24.7 Å². The lowest BCUT2D eigenvalue weighted by Gasteiger charge is -2.37. The number of amides is 2. The van der Waals surface area contributed by atoms with Crippen molar-refractivity contribution in [1.82, 2.24) is 5.32 Å². The minimum absolute atomic E-state index is 0.0174. The highest BCUT2D eigenvalue weighted by atomic mass is 16.5. The number of carbonyl (C=O) groups is 2. The molecule has 2 amide bonds. The molecule has 0 radical (unpaired) electrons. The molecule has 2 fully saturated rings. The van der Waals surface area contributed by atoms with E-state index in [1.54, 1.807) is 4.90 Å². The summed E-state index contributed by atoms with van der Waals surface area (Å²) in [4.78, 5) is 27.0. The summed E-state index contributed by atoms with van der Waals surface area (Å²) < 4.78 is 5.60. The standard InChI is InChI=1S/C24H36N2O3/c1-5-14-29-21-12-10-20(11-13-21)26-16-17(15-22(26)27)23(28)25-19-8-6-18(7-9-19)24(2,3)4/h10-13,17-19H,5-9,14-16H2,1-4H3,(H,25,28)/t17-,18?,19?/m1/s1. The maximum absolute atomic E-state index is 12.8. The molecule has 0 spiro atoms. The zero-order chi connectivity index (χ0) is 21.0. The van der Waals surface area contributed by atoms with Crippen LogP contribution in [0.4, 0.5) is 5.69 Å². The van der Waals surface area contributed by atoms with E-state index in [4.69, 9.17) is 4.74 Å². The van der Waals surface area contributed by atoms with Crippen molar-refractivity contribution in [2.24, 2.45) is 17.3 Å². The van der Waals surface area contributed by atoms with Gasteiger partial charge in [-0.05, 0) is 67.7 Å². The van der Waals surface area contributed by atoms with Gasteiger partial charge in [-0.25, -0.2) is 0 Å². The maximum Gasteiger partial charge on any atom is 0.227 e. The molecule has 5 heteroatoms. The lowest BCUT2D eigenvalue weighted by molar-refractivity contribution is -0.127. The van der Waals surface area contributed by atoms with Crippen LogP contribution in [0.3, 0.4) is 0 Å². The smallest absolute Gasteiger partial charge is 0.227 e. The summed E-state index contributed by atoms with van der Waals surface area (Å²) >= 11 is 0. The fourth-order valence-electron chi connectivity index (χ4n) is 4.50. The quantitative estimate of drug-likeness (QED) is 0.762. The summed E-state index contributed by atoms with van der Waals surface area (Å²) in [5.74, 6) is 1.32. The predicted octanol–water partition coefficient (Wildman–Crippen LogP) is 4.55. The van der Waals surface area contributed by atoms with Crippen molar-refractivity contribution in [1.29, 1.82) is 0 Å². The topological polar surface area (TPSA) is 58.6 Å². The van der Waals surface area contributed by atoms with Gasteiger partial charge in [0.2, 0.25) is 11.8 Å². The molecule has 1 aliphatic heterocycles. The predicted molar refractivity (Wildman–Crippen MR) is 116 cm³/mol. The van der Waals surface area contributed by atoms with Crippen LogP contribution in [0.25, 0.3) is 0 Å². The number of hydrogen-bond acceptors (Lipinski definition) is 3. The van der Waals surface area contributed by atoms with Crippen LogP contribution in [0.15, 0.2) is 24.3 Å². The van der Waals surface area contributed by atoms with E-state index in [1.165, 1.54) is 0 Å². The van der Waals surface area contributed by atoms with Gasteiger partial charge in [-0.3, -0.25) is 9.59 Å². The van der Waals surface area contributed by atoms with E-state index in [9.17, 15) is 9.59 Å². The molecule has 1 saturated heterocycles. The van der Waals surface area contributed by atoms with Crippen LogP contribution in [0.1, 0.15) is 66.2 Å². The third kappa shape index (κ3) is 5.52. The maximum atomic E-state index is 12.8. The first-order valence-corrected chi connectivity index (χ1v) is 11.1. The van der Waals surface area contributed by atoms with Crippen molar-refractivity contribution in [3.8, 4) is 5.75 Å². The molecule has 1 aromatic carbocycles. The zero-order valence-corrected chi connectivity index (χ0v) is 18.4. The SMILES string of the molecule is CCCOc1ccc(N2C[C@H](C(=O)NC3CCC(C(C)(C)C)CC3)CC2=O)cc1. The lowest BCUT2D eigenvalue weighted by atomic mass is 9.71. The molecule has 0 unspecified atom stereocenters. The monoisotopic (exact) mass is 400 g/mol. The average Bonchev–Trinajstić information content (AvgIpc) is 3.08. The second-order valence-corrected chi connectivity index (χ2v) is 9.67. The molecule has 0 bridgehead atoms. The third-order valence-electron chi connectivity index (χ3n) is 6.42.